The first kappa shape index (κ1) is 15.1. The van der Waals surface area contributed by atoms with Crippen LogP contribution in [0, 0.1) is 18.3 Å². The summed E-state index contributed by atoms with van der Waals surface area (Å²) in [6, 6.07) is 8.02. The van der Waals surface area contributed by atoms with Crippen molar-refractivity contribution in [2.24, 2.45) is 0 Å². The third-order valence-electron chi connectivity index (χ3n) is 3.05. The van der Waals surface area contributed by atoms with Crippen LogP contribution in [-0.4, -0.2) is 26.2 Å². The van der Waals surface area contributed by atoms with Gasteiger partial charge in [0.15, 0.2) is 5.13 Å². The molecule has 1 N–H and O–H groups in total. The summed E-state index contributed by atoms with van der Waals surface area (Å²) in [5.74, 6) is 0.627. The van der Waals surface area contributed by atoms with E-state index in [4.69, 9.17) is 4.74 Å². The van der Waals surface area contributed by atoms with Gasteiger partial charge in [-0.3, -0.25) is 0 Å². The highest BCUT2D eigenvalue weighted by atomic mass is 32.1. The van der Waals surface area contributed by atoms with Crippen molar-refractivity contribution >= 4 is 22.2 Å². The van der Waals surface area contributed by atoms with Gasteiger partial charge < -0.3 is 15.0 Å². The zero-order valence-corrected chi connectivity index (χ0v) is 13.4. The van der Waals surface area contributed by atoms with Gasteiger partial charge >= 0.3 is 0 Å². The third kappa shape index (κ3) is 3.26. The third-order valence-corrected chi connectivity index (χ3v) is 4.25. The Bertz CT molecular complexity index is 673. The van der Waals surface area contributed by atoms with Crippen molar-refractivity contribution in [2.75, 3.05) is 31.4 Å². The van der Waals surface area contributed by atoms with Gasteiger partial charge in [0.25, 0.3) is 0 Å². The Balaban J connectivity index is 2.21. The van der Waals surface area contributed by atoms with Crippen molar-refractivity contribution in [3.05, 3.63) is 34.2 Å². The molecule has 1 aromatic heterocycles. The Morgan fingerprint density at radius 3 is 2.81 bits per heavy atom. The number of ether oxygens (including phenoxy) is 1. The van der Waals surface area contributed by atoms with Gasteiger partial charge in [0.2, 0.25) is 5.88 Å². The largest absolute Gasteiger partial charge is 0.480 e. The van der Waals surface area contributed by atoms with E-state index in [0.29, 0.717) is 18.0 Å². The standard InChI is InChI=1S/C15H18N4OS/c1-10-6-5-7-12(11(10)8-16)17-9-13-14(20-4)18-15(21-13)19(2)3/h5-7,17H,9H2,1-4H3. The van der Waals surface area contributed by atoms with E-state index in [1.54, 1.807) is 18.4 Å². The lowest BCUT2D eigenvalue weighted by Crippen LogP contribution is -2.07. The zero-order chi connectivity index (χ0) is 15.4. The molecular weight excluding hydrogens is 284 g/mol. The summed E-state index contributed by atoms with van der Waals surface area (Å²) in [6.45, 7) is 2.51. The molecule has 1 heterocycles. The molecule has 2 aromatic rings. The number of aromatic nitrogens is 1. The molecular formula is C15H18N4OS. The van der Waals surface area contributed by atoms with Gasteiger partial charge in [0, 0.05) is 14.1 Å². The van der Waals surface area contributed by atoms with Crippen LogP contribution in [0.3, 0.4) is 0 Å². The summed E-state index contributed by atoms with van der Waals surface area (Å²) in [4.78, 5) is 7.37. The number of hydrogen-bond donors (Lipinski definition) is 1. The molecule has 0 radical (unpaired) electrons. The molecule has 1 aromatic carbocycles. The van der Waals surface area contributed by atoms with Crippen LogP contribution in [0.5, 0.6) is 5.88 Å². The highest BCUT2D eigenvalue weighted by Crippen LogP contribution is 2.31. The van der Waals surface area contributed by atoms with E-state index in [-0.39, 0.29) is 0 Å². The molecule has 0 aliphatic heterocycles. The fourth-order valence-electron chi connectivity index (χ4n) is 1.93. The van der Waals surface area contributed by atoms with E-state index < -0.39 is 0 Å². The SMILES string of the molecule is COc1nc(N(C)C)sc1CNc1cccc(C)c1C#N. The molecule has 0 bridgehead atoms. The molecule has 0 aliphatic rings. The topological polar surface area (TPSA) is 61.2 Å². The molecule has 2 rings (SSSR count). The summed E-state index contributed by atoms with van der Waals surface area (Å²) in [5, 5.41) is 13.4. The second-order valence-corrected chi connectivity index (χ2v) is 5.85. The number of benzene rings is 1. The van der Waals surface area contributed by atoms with E-state index in [2.05, 4.69) is 16.4 Å². The van der Waals surface area contributed by atoms with Crippen LogP contribution in [0.4, 0.5) is 10.8 Å². The summed E-state index contributed by atoms with van der Waals surface area (Å²) in [5.41, 5.74) is 2.47. The minimum absolute atomic E-state index is 0.576. The van der Waals surface area contributed by atoms with Crippen LogP contribution >= 0.6 is 11.3 Å². The minimum atomic E-state index is 0.576. The smallest absolute Gasteiger partial charge is 0.231 e. The van der Waals surface area contributed by atoms with Crippen molar-refractivity contribution in [2.45, 2.75) is 13.5 Å². The van der Waals surface area contributed by atoms with Gasteiger partial charge in [0.05, 0.1) is 29.8 Å². The number of nitrogens with zero attached hydrogens (tertiary/aromatic N) is 3. The predicted molar refractivity (Wildman–Crippen MR) is 86.2 cm³/mol. The van der Waals surface area contributed by atoms with Crippen LogP contribution in [0.25, 0.3) is 0 Å². The fraction of sp³-hybridized carbons (Fsp3) is 0.333. The zero-order valence-electron chi connectivity index (χ0n) is 12.6. The minimum Gasteiger partial charge on any atom is -0.480 e. The second kappa shape index (κ2) is 6.46. The van der Waals surface area contributed by atoms with Gasteiger partial charge in [-0.25, -0.2) is 0 Å². The number of methoxy groups -OCH3 is 1. The Hall–Kier alpha value is -2.26. The van der Waals surface area contributed by atoms with E-state index in [1.165, 1.54) is 0 Å². The maximum atomic E-state index is 9.24. The fourth-order valence-corrected chi connectivity index (χ4v) is 2.82. The summed E-state index contributed by atoms with van der Waals surface area (Å²) < 4.78 is 5.31. The number of nitriles is 1. The molecule has 0 spiro atoms. The summed E-state index contributed by atoms with van der Waals surface area (Å²) in [6.07, 6.45) is 0. The lowest BCUT2D eigenvalue weighted by atomic mass is 10.1. The molecule has 0 atom stereocenters. The van der Waals surface area contributed by atoms with Crippen LogP contribution < -0.4 is 15.0 Å². The molecule has 21 heavy (non-hydrogen) atoms. The van der Waals surface area contributed by atoms with E-state index in [1.807, 2.05) is 44.1 Å². The van der Waals surface area contributed by atoms with Gasteiger partial charge in [0.1, 0.15) is 6.07 Å². The molecule has 0 fully saturated rings. The second-order valence-electron chi connectivity index (χ2n) is 4.79. The Morgan fingerprint density at radius 2 is 2.19 bits per heavy atom. The molecule has 0 unspecified atom stereocenters. The van der Waals surface area contributed by atoms with Gasteiger partial charge in [-0.1, -0.05) is 23.5 Å². The molecule has 0 saturated heterocycles. The van der Waals surface area contributed by atoms with E-state index in [9.17, 15) is 5.26 Å². The molecule has 0 aliphatic carbocycles. The maximum Gasteiger partial charge on any atom is 0.231 e. The van der Waals surface area contributed by atoms with Crippen LogP contribution in [0.15, 0.2) is 18.2 Å². The lowest BCUT2D eigenvalue weighted by molar-refractivity contribution is 0.397. The average Bonchev–Trinajstić information content (AvgIpc) is 2.88. The average molecular weight is 302 g/mol. The first-order chi connectivity index (χ1) is 10.1. The summed E-state index contributed by atoms with van der Waals surface area (Å²) >= 11 is 1.57. The highest BCUT2D eigenvalue weighted by molar-refractivity contribution is 7.15. The van der Waals surface area contributed by atoms with Crippen LogP contribution in [-0.2, 0) is 6.54 Å². The number of anilines is 2. The normalized spacial score (nSPS) is 10.0. The van der Waals surface area contributed by atoms with Crippen molar-refractivity contribution in [1.82, 2.24) is 4.98 Å². The molecule has 5 nitrogen and oxygen atoms in total. The van der Waals surface area contributed by atoms with Gasteiger partial charge in [-0.2, -0.15) is 10.2 Å². The highest BCUT2D eigenvalue weighted by Gasteiger charge is 2.13. The Kier molecular flexibility index (Phi) is 4.66. The van der Waals surface area contributed by atoms with Gasteiger partial charge in [-0.15, -0.1) is 0 Å². The lowest BCUT2D eigenvalue weighted by Gasteiger charge is -2.09. The van der Waals surface area contributed by atoms with Crippen molar-refractivity contribution < 1.29 is 4.74 Å². The molecule has 110 valence electrons. The molecule has 6 heteroatoms. The quantitative estimate of drug-likeness (QED) is 0.920. The number of nitrogens with one attached hydrogen (secondary N) is 1. The van der Waals surface area contributed by atoms with Crippen molar-refractivity contribution in [3.8, 4) is 11.9 Å². The van der Waals surface area contributed by atoms with E-state index >= 15 is 0 Å². The molecule has 0 saturated carbocycles. The van der Waals surface area contributed by atoms with E-state index in [0.717, 1.165) is 21.3 Å². The van der Waals surface area contributed by atoms with Gasteiger partial charge in [-0.05, 0) is 18.6 Å². The number of rotatable bonds is 5. The van der Waals surface area contributed by atoms with Crippen LogP contribution in [0.2, 0.25) is 0 Å². The number of aryl methyl sites for hydroxylation is 1. The monoisotopic (exact) mass is 302 g/mol. The number of hydrogen-bond acceptors (Lipinski definition) is 6. The Labute approximate surface area is 128 Å². The first-order valence-electron chi connectivity index (χ1n) is 6.51. The number of thiazole rings is 1. The van der Waals surface area contributed by atoms with Crippen molar-refractivity contribution in [1.29, 1.82) is 5.26 Å². The van der Waals surface area contributed by atoms with Crippen molar-refractivity contribution in [3.63, 3.8) is 0 Å². The first-order valence-corrected chi connectivity index (χ1v) is 7.33. The molecule has 0 amide bonds. The summed E-state index contributed by atoms with van der Waals surface area (Å²) in [7, 11) is 5.51. The Morgan fingerprint density at radius 1 is 1.43 bits per heavy atom. The van der Waals surface area contributed by atoms with Crippen LogP contribution in [0.1, 0.15) is 16.0 Å². The predicted octanol–water partition coefficient (Wildman–Crippen LogP) is 3.01. The maximum absolute atomic E-state index is 9.24.